The first-order chi connectivity index (χ1) is 12.0. The molecule has 0 aromatic carbocycles. The summed E-state index contributed by atoms with van der Waals surface area (Å²) in [5.41, 5.74) is 4.14. The van der Waals surface area contributed by atoms with Crippen LogP contribution in [0.25, 0.3) is 0 Å². The Hall–Kier alpha value is -1.66. The lowest BCUT2D eigenvalue weighted by Crippen LogP contribution is -2.38. The van der Waals surface area contributed by atoms with Gasteiger partial charge in [0, 0.05) is 45.5 Å². The average molecular weight is 347 g/mol. The first-order valence-electron chi connectivity index (χ1n) is 9.47. The van der Waals surface area contributed by atoms with E-state index >= 15 is 0 Å². The van der Waals surface area contributed by atoms with Crippen LogP contribution in [-0.2, 0) is 33.1 Å². The lowest BCUT2D eigenvalue weighted by atomic mass is 10.1. The fraction of sp³-hybridized carbons (Fsp3) is 0.684. The Morgan fingerprint density at radius 3 is 2.48 bits per heavy atom. The Labute approximate surface area is 152 Å². The Morgan fingerprint density at radius 2 is 1.76 bits per heavy atom. The monoisotopic (exact) mass is 346 g/mol. The van der Waals surface area contributed by atoms with Crippen molar-refractivity contribution in [3.63, 3.8) is 0 Å². The smallest absolute Gasteiger partial charge is 0.0553 e. The van der Waals surface area contributed by atoms with Crippen molar-refractivity contribution < 1.29 is 0 Å². The highest BCUT2D eigenvalue weighted by atomic mass is 15.3. The summed E-state index contributed by atoms with van der Waals surface area (Å²) in [5.74, 6) is 0. The van der Waals surface area contributed by atoms with E-state index < -0.39 is 0 Å². The Morgan fingerprint density at radius 1 is 1.00 bits per heavy atom. The SMILES string of the molecule is CC.CC(C)N1CCn2nccc2C1.CN1CCc2cnn(C)c2C1. The maximum absolute atomic E-state index is 4.24. The average Bonchev–Trinajstić information content (AvgIpc) is 3.23. The van der Waals surface area contributed by atoms with Crippen LogP contribution in [0.4, 0.5) is 0 Å². The summed E-state index contributed by atoms with van der Waals surface area (Å²) >= 11 is 0. The first-order valence-corrected chi connectivity index (χ1v) is 9.47. The van der Waals surface area contributed by atoms with Gasteiger partial charge in [0.15, 0.2) is 0 Å². The molecule has 0 saturated carbocycles. The van der Waals surface area contributed by atoms with Crippen molar-refractivity contribution in [3.05, 3.63) is 35.4 Å². The van der Waals surface area contributed by atoms with Gasteiger partial charge in [-0.25, -0.2) is 0 Å². The Balaban J connectivity index is 0.000000165. The van der Waals surface area contributed by atoms with Crippen LogP contribution in [0.5, 0.6) is 0 Å². The zero-order valence-electron chi connectivity index (χ0n) is 16.7. The molecule has 0 saturated heterocycles. The molecule has 6 heteroatoms. The van der Waals surface area contributed by atoms with Crippen LogP contribution in [0.3, 0.4) is 0 Å². The van der Waals surface area contributed by atoms with E-state index in [0.29, 0.717) is 6.04 Å². The van der Waals surface area contributed by atoms with Gasteiger partial charge in [0.1, 0.15) is 0 Å². The van der Waals surface area contributed by atoms with Gasteiger partial charge in [0.05, 0.1) is 24.1 Å². The third kappa shape index (κ3) is 4.92. The topological polar surface area (TPSA) is 42.1 Å². The maximum atomic E-state index is 4.24. The standard InChI is InChI=1S/C9H15N3.C8H13N3.C2H6/c1-8(2)11-5-6-12-9(7-11)3-4-10-12;1-10-4-3-7-5-9-11(2)8(7)6-10;1-2/h3-4,8H,5-7H2,1-2H3;5H,3-4,6H2,1-2H3;1-2H3. The normalized spacial score (nSPS) is 17.1. The molecule has 0 unspecified atom stereocenters. The van der Waals surface area contributed by atoms with Gasteiger partial charge in [0.2, 0.25) is 0 Å². The van der Waals surface area contributed by atoms with E-state index in [4.69, 9.17) is 0 Å². The highest BCUT2D eigenvalue weighted by Gasteiger charge is 2.18. The lowest BCUT2D eigenvalue weighted by Gasteiger charge is -2.30. The summed E-state index contributed by atoms with van der Waals surface area (Å²) in [6, 6.07) is 2.75. The predicted octanol–water partition coefficient (Wildman–Crippen LogP) is 2.54. The molecule has 6 nitrogen and oxygen atoms in total. The third-order valence-corrected chi connectivity index (χ3v) is 4.83. The van der Waals surface area contributed by atoms with E-state index in [-0.39, 0.29) is 0 Å². The lowest BCUT2D eigenvalue weighted by molar-refractivity contribution is 0.171. The molecule has 2 aliphatic heterocycles. The fourth-order valence-electron chi connectivity index (χ4n) is 3.21. The van der Waals surface area contributed by atoms with Gasteiger partial charge in [-0.05, 0) is 38.9 Å². The minimum absolute atomic E-state index is 0.647. The van der Waals surface area contributed by atoms with Crippen molar-refractivity contribution in [2.45, 2.75) is 59.8 Å². The number of hydrogen-bond donors (Lipinski definition) is 0. The number of rotatable bonds is 1. The number of nitrogens with zero attached hydrogens (tertiary/aromatic N) is 6. The highest BCUT2D eigenvalue weighted by molar-refractivity contribution is 5.20. The molecule has 0 atom stereocenters. The number of aryl methyl sites for hydroxylation is 1. The molecular formula is C19H34N6. The van der Waals surface area contributed by atoms with Gasteiger partial charge in [0.25, 0.3) is 0 Å². The van der Waals surface area contributed by atoms with Crippen LogP contribution in [0.15, 0.2) is 18.5 Å². The molecule has 2 aromatic rings. The molecule has 2 aromatic heterocycles. The summed E-state index contributed by atoms with van der Waals surface area (Å²) < 4.78 is 4.07. The van der Waals surface area contributed by atoms with E-state index in [1.165, 1.54) is 23.5 Å². The van der Waals surface area contributed by atoms with Gasteiger partial charge < -0.3 is 4.90 Å². The minimum Gasteiger partial charge on any atom is -0.300 e. The van der Waals surface area contributed by atoms with Crippen LogP contribution in [0.1, 0.15) is 44.6 Å². The van der Waals surface area contributed by atoms with E-state index in [0.717, 1.165) is 32.6 Å². The van der Waals surface area contributed by atoms with Gasteiger partial charge in [-0.2, -0.15) is 10.2 Å². The van der Waals surface area contributed by atoms with Crippen LogP contribution in [0, 0.1) is 0 Å². The quantitative estimate of drug-likeness (QED) is 0.796. The van der Waals surface area contributed by atoms with Crippen molar-refractivity contribution in [1.82, 2.24) is 29.4 Å². The van der Waals surface area contributed by atoms with Crippen LogP contribution in [0.2, 0.25) is 0 Å². The van der Waals surface area contributed by atoms with Gasteiger partial charge in [-0.15, -0.1) is 0 Å². The van der Waals surface area contributed by atoms with Crippen molar-refractivity contribution >= 4 is 0 Å². The van der Waals surface area contributed by atoms with Crippen molar-refractivity contribution in [1.29, 1.82) is 0 Å². The molecule has 0 aliphatic carbocycles. The molecule has 0 amide bonds. The second kappa shape index (κ2) is 9.15. The predicted molar refractivity (Wildman–Crippen MR) is 102 cm³/mol. The van der Waals surface area contributed by atoms with E-state index in [1.54, 1.807) is 0 Å². The Kier molecular flexibility index (Phi) is 7.20. The van der Waals surface area contributed by atoms with Gasteiger partial charge in [-0.1, -0.05) is 13.8 Å². The van der Waals surface area contributed by atoms with E-state index in [1.807, 2.05) is 38.0 Å². The number of fused-ring (bicyclic) bond motifs is 2. The number of hydrogen-bond acceptors (Lipinski definition) is 4. The van der Waals surface area contributed by atoms with Crippen LogP contribution < -0.4 is 0 Å². The molecule has 0 bridgehead atoms. The first kappa shape index (κ1) is 19.7. The third-order valence-electron chi connectivity index (χ3n) is 4.83. The molecule has 0 spiro atoms. The molecular weight excluding hydrogens is 312 g/mol. The molecule has 140 valence electrons. The highest BCUT2D eigenvalue weighted by Crippen LogP contribution is 2.15. The maximum Gasteiger partial charge on any atom is 0.0553 e. The minimum atomic E-state index is 0.647. The van der Waals surface area contributed by atoms with Gasteiger partial charge >= 0.3 is 0 Å². The zero-order chi connectivity index (χ0) is 18.4. The summed E-state index contributed by atoms with van der Waals surface area (Å²) in [5, 5.41) is 8.46. The molecule has 0 N–H and O–H groups in total. The number of aromatic nitrogens is 4. The molecule has 25 heavy (non-hydrogen) atoms. The van der Waals surface area contributed by atoms with Gasteiger partial charge in [-0.3, -0.25) is 14.3 Å². The van der Waals surface area contributed by atoms with E-state index in [2.05, 4.69) is 51.6 Å². The van der Waals surface area contributed by atoms with Crippen molar-refractivity contribution in [2.75, 3.05) is 20.1 Å². The summed E-state index contributed by atoms with van der Waals surface area (Å²) in [7, 11) is 4.16. The number of likely N-dealkylation sites (N-methyl/N-ethyl adjacent to an activating group) is 1. The van der Waals surface area contributed by atoms with Crippen molar-refractivity contribution in [3.8, 4) is 0 Å². The second-order valence-electron chi connectivity index (χ2n) is 6.84. The summed E-state index contributed by atoms with van der Waals surface area (Å²) in [6.45, 7) is 13.9. The second-order valence-corrected chi connectivity index (χ2v) is 6.84. The molecule has 0 radical (unpaired) electrons. The van der Waals surface area contributed by atoms with Crippen LogP contribution in [-0.4, -0.2) is 55.5 Å². The molecule has 0 fully saturated rings. The molecule has 4 rings (SSSR count). The van der Waals surface area contributed by atoms with Crippen LogP contribution >= 0.6 is 0 Å². The summed E-state index contributed by atoms with van der Waals surface area (Å²) in [4.78, 5) is 4.79. The summed E-state index contributed by atoms with van der Waals surface area (Å²) in [6.07, 6.45) is 5.03. The van der Waals surface area contributed by atoms with Crippen molar-refractivity contribution in [2.24, 2.45) is 7.05 Å². The fourth-order valence-corrected chi connectivity index (χ4v) is 3.21. The largest absolute Gasteiger partial charge is 0.300 e. The van der Waals surface area contributed by atoms with E-state index in [9.17, 15) is 0 Å². The zero-order valence-corrected chi connectivity index (χ0v) is 16.7. The Bertz CT molecular complexity index is 642. The molecule has 4 heterocycles. The molecule has 2 aliphatic rings.